The fourth-order valence-corrected chi connectivity index (χ4v) is 1.58. The maximum atomic E-state index is 9.82. The molecule has 1 atom stereocenters. The van der Waals surface area contributed by atoms with Crippen LogP contribution in [0.1, 0.15) is 5.56 Å². The first-order chi connectivity index (χ1) is 8.34. The van der Waals surface area contributed by atoms with E-state index in [4.69, 9.17) is 4.74 Å². The topological polar surface area (TPSA) is 29.5 Å². The lowest BCUT2D eigenvalue weighted by atomic mass is 10.1. The molecule has 0 aliphatic rings. The van der Waals surface area contributed by atoms with Crippen LogP contribution in [-0.4, -0.2) is 17.8 Å². The van der Waals surface area contributed by atoms with Crippen molar-refractivity contribution >= 4 is 0 Å². The Balaban J connectivity index is 1.80. The van der Waals surface area contributed by atoms with Gasteiger partial charge in [0.25, 0.3) is 0 Å². The van der Waals surface area contributed by atoms with Crippen LogP contribution in [0.15, 0.2) is 54.6 Å². The SMILES string of the molecule is OC(COc1ccccc1)Cc1[c]cccc1. The largest absolute Gasteiger partial charge is 0.491 e. The lowest BCUT2D eigenvalue weighted by molar-refractivity contribution is 0.107. The molecule has 0 spiro atoms. The van der Waals surface area contributed by atoms with E-state index in [-0.39, 0.29) is 0 Å². The van der Waals surface area contributed by atoms with E-state index in [0.29, 0.717) is 13.0 Å². The van der Waals surface area contributed by atoms with Crippen molar-refractivity contribution in [1.82, 2.24) is 0 Å². The third-order valence-corrected chi connectivity index (χ3v) is 2.41. The average Bonchev–Trinajstić information content (AvgIpc) is 2.39. The molecule has 0 aromatic heterocycles. The molecule has 2 aromatic rings. The number of para-hydroxylation sites is 1. The van der Waals surface area contributed by atoms with Gasteiger partial charge in [0, 0.05) is 6.42 Å². The molecule has 2 nitrogen and oxygen atoms in total. The maximum absolute atomic E-state index is 9.82. The Morgan fingerprint density at radius 2 is 1.82 bits per heavy atom. The van der Waals surface area contributed by atoms with Crippen LogP contribution in [-0.2, 0) is 6.42 Å². The second kappa shape index (κ2) is 6.06. The highest BCUT2D eigenvalue weighted by atomic mass is 16.5. The van der Waals surface area contributed by atoms with Gasteiger partial charge in [-0.05, 0) is 23.8 Å². The first-order valence-electron chi connectivity index (χ1n) is 5.66. The van der Waals surface area contributed by atoms with Crippen LogP contribution in [0.25, 0.3) is 0 Å². The summed E-state index contributed by atoms with van der Waals surface area (Å²) in [6, 6.07) is 20.2. The van der Waals surface area contributed by atoms with E-state index in [1.807, 2.05) is 54.6 Å². The number of rotatable bonds is 5. The van der Waals surface area contributed by atoms with Gasteiger partial charge in [0.05, 0.1) is 6.10 Å². The van der Waals surface area contributed by atoms with Gasteiger partial charge in [-0.25, -0.2) is 0 Å². The molecule has 1 radical (unpaired) electrons. The van der Waals surface area contributed by atoms with Crippen molar-refractivity contribution < 1.29 is 9.84 Å². The molecule has 0 saturated heterocycles. The summed E-state index contributed by atoms with van der Waals surface area (Å²) in [5.74, 6) is 0.781. The molecule has 0 heterocycles. The van der Waals surface area contributed by atoms with Crippen molar-refractivity contribution in [3.63, 3.8) is 0 Å². The Morgan fingerprint density at radius 3 is 2.53 bits per heavy atom. The van der Waals surface area contributed by atoms with Gasteiger partial charge in [0.1, 0.15) is 12.4 Å². The van der Waals surface area contributed by atoms with Crippen molar-refractivity contribution in [2.45, 2.75) is 12.5 Å². The fraction of sp³-hybridized carbons (Fsp3) is 0.200. The van der Waals surface area contributed by atoms with Gasteiger partial charge in [-0.3, -0.25) is 0 Å². The van der Waals surface area contributed by atoms with Crippen molar-refractivity contribution in [3.05, 3.63) is 66.2 Å². The first kappa shape index (κ1) is 11.7. The number of hydrogen-bond donors (Lipinski definition) is 1. The maximum Gasteiger partial charge on any atom is 0.119 e. The molecule has 0 bridgehead atoms. The van der Waals surface area contributed by atoms with Crippen LogP contribution in [0.2, 0.25) is 0 Å². The van der Waals surface area contributed by atoms with Gasteiger partial charge >= 0.3 is 0 Å². The van der Waals surface area contributed by atoms with Crippen LogP contribution in [0, 0.1) is 6.07 Å². The van der Waals surface area contributed by atoms with Crippen LogP contribution < -0.4 is 4.74 Å². The van der Waals surface area contributed by atoms with Gasteiger partial charge in [0.15, 0.2) is 0 Å². The van der Waals surface area contributed by atoms with E-state index in [1.54, 1.807) is 0 Å². The van der Waals surface area contributed by atoms with E-state index < -0.39 is 6.10 Å². The van der Waals surface area contributed by atoms with Crippen LogP contribution in [0.3, 0.4) is 0 Å². The summed E-state index contributed by atoms with van der Waals surface area (Å²) in [5.41, 5.74) is 0.997. The summed E-state index contributed by atoms with van der Waals surface area (Å²) in [6.45, 7) is 0.298. The summed E-state index contributed by atoms with van der Waals surface area (Å²) in [7, 11) is 0. The summed E-state index contributed by atoms with van der Waals surface area (Å²) in [4.78, 5) is 0. The predicted molar refractivity (Wildman–Crippen MR) is 66.9 cm³/mol. The number of aliphatic hydroxyl groups is 1. The smallest absolute Gasteiger partial charge is 0.119 e. The normalized spacial score (nSPS) is 12.1. The molecule has 17 heavy (non-hydrogen) atoms. The molecular formula is C15H15O2. The highest BCUT2D eigenvalue weighted by molar-refractivity contribution is 5.21. The Labute approximate surface area is 101 Å². The minimum Gasteiger partial charge on any atom is -0.491 e. The highest BCUT2D eigenvalue weighted by Gasteiger charge is 2.06. The third-order valence-electron chi connectivity index (χ3n) is 2.41. The van der Waals surface area contributed by atoms with E-state index in [2.05, 4.69) is 6.07 Å². The number of hydrogen-bond acceptors (Lipinski definition) is 2. The van der Waals surface area contributed by atoms with Crippen LogP contribution in [0.5, 0.6) is 5.75 Å². The van der Waals surface area contributed by atoms with Crippen molar-refractivity contribution in [1.29, 1.82) is 0 Å². The van der Waals surface area contributed by atoms with E-state index in [1.165, 1.54) is 0 Å². The predicted octanol–water partition coefficient (Wildman–Crippen LogP) is 2.47. The molecule has 2 aromatic carbocycles. The molecule has 87 valence electrons. The van der Waals surface area contributed by atoms with Crippen LogP contribution >= 0.6 is 0 Å². The van der Waals surface area contributed by atoms with E-state index in [0.717, 1.165) is 11.3 Å². The highest BCUT2D eigenvalue weighted by Crippen LogP contribution is 2.09. The quantitative estimate of drug-likeness (QED) is 0.850. The Bertz CT molecular complexity index is 425. The standard InChI is InChI=1S/C15H15O2/c16-14(11-13-7-3-1-4-8-13)12-17-15-9-5-2-6-10-15/h1-7,9-10,14,16H,11-12H2. The van der Waals surface area contributed by atoms with Gasteiger partial charge < -0.3 is 9.84 Å². The van der Waals surface area contributed by atoms with Crippen LogP contribution in [0.4, 0.5) is 0 Å². The van der Waals surface area contributed by atoms with Gasteiger partial charge in [-0.1, -0.05) is 42.5 Å². The molecule has 1 N–H and O–H groups in total. The Hall–Kier alpha value is -1.80. The second-order valence-corrected chi connectivity index (χ2v) is 3.87. The summed E-state index contributed by atoms with van der Waals surface area (Å²) in [5, 5.41) is 9.82. The lowest BCUT2D eigenvalue weighted by Gasteiger charge is -2.12. The fourth-order valence-electron chi connectivity index (χ4n) is 1.58. The molecule has 0 aliphatic heterocycles. The molecule has 2 rings (SSSR count). The molecule has 2 heteroatoms. The van der Waals surface area contributed by atoms with Crippen molar-refractivity contribution in [2.24, 2.45) is 0 Å². The Kier molecular flexibility index (Phi) is 4.17. The molecule has 0 saturated carbocycles. The minimum absolute atomic E-state index is 0.298. The monoisotopic (exact) mass is 227 g/mol. The summed E-state index contributed by atoms with van der Waals surface area (Å²) >= 11 is 0. The van der Waals surface area contributed by atoms with Gasteiger partial charge in [0.2, 0.25) is 0 Å². The zero-order valence-corrected chi connectivity index (χ0v) is 9.54. The summed E-state index contributed by atoms with van der Waals surface area (Å²) < 4.78 is 5.48. The molecule has 1 unspecified atom stereocenters. The van der Waals surface area contributed by atoms with E-state index >= 15 is 0 Å². The second-order valence-electron chi connectivity index (χ2n) is 3.87. The zero-order chi connectivity index (χ0) is 11.9. The molecular weight excluding hydrogens is 212 g/mol. The third kappa shape index (κ3) is 3.93. The molecule has 0 amide bonds. The number of aliphatic hydroxyl groups excluding tert-OH is 1. The average molecular weight is 227 g/mol. The lowest BCUT2D eigenvalue weighted by Crippen LogP contribution is -2.20. The molecule has 0 aliphatic carbocycles. The number of benzene rings is 2. The first-order valence-corrected chi connectivity index (χ1v) is 5.66. The van der Waals surface area contributed by atoms with Gasteiger partial charge in [-0.2, -0.15) is 0 Å². The zero-order valence-electron chi connectivity index (χ0n) is 9.54. The number of ether oxygens (including phenoxy) is 1. The summed E-state index contributed by atoms with van der Waals surface area (Å²) in [6.07, 6.45) is 0.0575. The van der Waals surface area contributed by atoms with E-state index in [9.17, 15) is 5.11 Å². The van der Waals surface area contributed by atoms with Crippen molar-refractivity contribution in [3.8, 4) is 5.75 Å². The van der Waals surface area contributed by atoms with Crippen molar-refractivity contribution in [2.75, 3.05) is 6.61 Å². The van der Waals surface area contributed by atoms with Gasteiger partial charge in [-0.15, -0.1) is 0 Å². The Morgan fingerprint density at radius 1 is 1.06 bits per heavy atom. The minimum atomic E-state index is -0.506. The molecule has 0 fully saturated rings.